The lowest BCUT2D eigenvalue weighted by Crippen LogP contribution is -2.33. The molecule has 2 heterocycles. The highest BCUT2D eigenvalue weighted by atomic mass is 32.2. The van der Waals surface area contributed by atoms with E-state index in [1.54, 1.807) is 0 Å². The van der Waals surface area contributed by atoms with Crippen LogP contribution in [0.4, 0.5) is 0 Å². The van der Waals surface area contributed by atoms with Crippen molar-refractivity contribution < 1.29 is 0 Å². The molecule has 66 valence electrons. The number of fused-ring (bicyclic) bond motifs is 3. The molecule has 0 radical (unpaired) electrons. The highest BCUT2D eigenvalue weighted by molar-refractivity contribution is 8.00. The van der Waals surface area contributed by atoms with Gasteiger partial charge in [-0.05, 0) is 11.6 Å². The Morgan fingerprint density at radius 2 is 2.31 bits per heavy atom. The minimum Gasteiger partial charge on any atom is -0.285 e. The second-order valence-electron chi connectivity index (χ2n) is 3.30. The van der Waals surface area contributed by atoms with Crippen molar-refractivity contribution in [2.75, 3.05) is 6.67 Å². The highest BCUT2D eigenvalue weighted by Crippen LogP contribution is 2.43. The Morgan fingerprint density at radius 3 is 3.31 bits per heavy atom. The molecule has 0 aromatic heterocycles. The van der Waals surface area contributed by atoms with Crippen LogP contribution >= 0.6 is 11.8 Å². The lowest BCUT2D eigenvalue weighted by Gasteiger charge is -2.20. The normalized spacial score (nSPS) is 29.8. The first-order chi connectivity index (χ1) is 6.45. The van der Waals surface area contributed by atoms with Gasteiger partial charge in [-0.25, -0.2) is 0 Å². The lowest BCUT2D eigenvalue weighted by molar-refractivity contribution is 0.619. The third kappa shape index (κ3) is 1.11. The van der Waals surface area contributed by atoms with Crippen LogP contribution < -0.4 is 5.32 Å². The van der Waals surface area contributed by atoms with Crippen molar-refractivity contribution >= 4 is 18.0 Å². The fraction of sp³-hybridized carbons (Fsp3) is 0.300. The average Bonchev–Trinajstić information content (AvgIpc) is 2.56. The summed E-state index contributed by atoms with van der Waals surface area (Å²) in [4.78, 5) is 5.67. The summed E-state index contributed by atoms with van der Waals surface area (Å²) in [6.45, 7) is 0.766. The Kier molecular flexibility index (Phi) is 1.67. The minimum absolute atomic E-state index is 0.481. The third-order valence-corrected chi connectivity index (χ3v) is 3.85. The maximum Gasteiger partial charge on any atom is 0.0889 e. The van der Waals surface area contributed by atoms with Crippen LogP contribution in [0.3, 0.4) is 0 Å². The van der Waals surface area contributed by atoms with E-state index in [0.29, 0.717) is 11.3 Å². The molecule has 2 unspecified atom stereocenters. The molecule has 0 fully saturated rings. The Hall–Kier alpha value is -0.800. The smallest absolute Gasteiger partial charge is 0.0889 e. The number of hydrogen-bond donors (Lipinski definition) is 1. The van der Waals surface area contributed by atoms with Crippen molar-refractivity contribution in [1.29, 1.82) is 0 Å². The maximum absolute atomic E-state index is 4.27. The summed E-state index contributed by atoms with van der Waals surface area (Å²) in [7, 11) is 0. The summed E-state index contributed by atoms with van der Waals surface area (Å²) in [6.07, 6.45) is 2.08. The van der Waals surface area contributed by atoms with Crippen LogP contribution in [0.25, 0.3) is 0 Å². The number of benzene rings is 1. The number of hydrogen-bond acceptors (Lipinski definition) is 3. The molecular formula is C10H10N2S. The molecule has 3 rings (SSSR count). The van der Waals surface area contributed by atoms with Crippen LogP contribution in [-0.2, 0) is 0 Å². The van der Waals surface area contributed by atoms with Gasteiger partial charge in [0.05, 0.1) is 12.0 Å². The fourth-order valence-electron chi connectivity index (χ4n) is 1.87. The van der Waals surface area contributed by atoms with Gasteiger partial charge in [0.25, 0.3) is 0 Å². The topological polar surface area (TPSA) is 24.4 Å². The van der Waals surface area contributed by atoms with Crippen molar-refractivity contribution in [3.05, 3.63) is 29.8 Å². The van der Waals surface area contributed by atoms with Crippen molar-refractivity contribution in [2.45, 2.75) is 16.2 Å². The molecule has 0 saturated carbocycles. The van der Waals surface area contributed by atoms with E-state index in [4.69, 9.17) is 0 Å². The highest BCUT2D eigenvalue weighted by Gasteiger charge is 2.32. The van der Waals surface area contributed by atoms with Crippen LogP contribution in [0.1, 0.15) is 11.5 Å². The molecule has 0 bridgehead atoms. The number of nitrogens with one attached hydrogen (secondary N) is 1. The van der Waals surface area contributed by atoms with Crippen LogP contribution in [0.15, 0.2) is 34.2 Å². The zero-order valence-electron chi connectivity index (χ0n) is 7.10. The molecule has 2 aliphatic heterocycles. The molecule has 2 atom stereocenters. The van der Waals surface area contributed by atoms with E-state index in [9.17, 15) is 0 Å². The molecule has 2 nitrogen and oxygen atoms in total. The maximum atomic E-state index is 4.27. The molecule has 13 heavy (non-hydrogen) atoms. The quantitative estimate of drug-likeness (QED) is 0.675. The Balaban J connectivity index is 2.09. The number of aliphatic imine (C=N–C) groups is 1. The van der Waals surface area contributed by atoms with E-state index >= 15 is 0 Å². The van der Waals surface area contributed by atoms with Crippen molar-refractivity contribution in [2.24, 2.45) is 4.99 Å². The van der Waals surface area contributed by atoms with E-state index in [-0.39, 0.29) is 0 Å². The number of nitrogens with zero attached hydrogens (tertiary/aromatic N) is 1. The van der Waals surface area contributed by atoms with Crippen LogP contribution in [-0.4, -0.2) is 18.3 Å². The molecule has 1 aromatic rings. The van der Waals surface area contributed by atoms with Gasteiger partial charge in [-0.2, -0.15) is 0 Å². The van der Waals surface area contributed by atoms with Gasteiger partial charge in [-0.3, -0.25) is 10.3 Å². The summed E-state index contributed by atoms with van der Waals surface area (Å²) < 4.78 is 0. The van der Waals surface area contributed by atoms with E-state index in [2.05, 4.69) is 40.8 Å². The second-order valence-corrected chi connectivity index (χ2v) is 4.48. The zero-order chi connectivity index (χ0) is 8.67. The van der Waals surface area contributed by atoms with Gasteiger partial charge in [0.1, 0.15) is 0 Å². The van der Waals surface area contributed by atoms with Crippen molar-refractivity contribution in [3.63, 3.8) is 0 Å². The minimum atomic E-state index is 0.481. The Bertz CT molecular complexity index is 362. The van der Waals surface area contributed by atoms with Gasteiger partial charge in [0, 0.05) is 17.0 Å². The van der Waals surface area contributed by atoms with E-state index in [1.807, 2.05) is 11.8 Å². The standard InChI is InChI=1S/C10H10N2S/c1-2-4-9-7(3-1)8-5-11-6-12-10(8)13-9/h1-5,8,10,12H,6H2. The molecule has 3 heteroatoms. The summed E-state index contributed by atoms with van der Waals surface area (Å²) in [5, 5.41) is 3.90. The van der Waals surface area contributed by atoms with Gasteiger partial charge >= 0.3 is 0 Å². The van der Waals surface area contributed by atoms with Crippen molar-refractivity contribution in [1.82, 2.24) is 5.32 Å². The first-order valence-corrected chi connectivity index (χ1v) is 5.32. The molecule has 2 aliphatic rings. The summed E-state index contributed by atoms with van der Waals surface area (Å²) in [5.41, 5.74) is 1.42. The molecule has 0 saturated heterocycles. The summed E-state index contributed by atoms with van der Waals surface area (Å²) >= 11 is 1.92. The van der Waals surface area contributed by atoms with E-state index < -0.39 is 0 Å². The van der Waals surface area contributed by atoms with Gasteiger partial charge in [0.2, 0.25) is 0 Å². The summed E-state index contributed by atoms with van der Waals surface area (Å²) in [6, 6.07) is 8.59. The number of rotatable bonds is 0. The van der Waals surface area contributed by atoms with Gasteiger partial charge in [0.15, 0.2) is 0 Å². The fourth-order valence-corrected chi connectivity index (χ4v) is 3.16. The molecule has 1 aromatic carbocycles. The first kappa shape index (κ1) is 7.59. The third-order valence-electron chi connectivity index (χ3n) is 2.51. The van der Waals surface area contributed by atoms with Crippen LogP contribution in [0.5, 0.6) is 0 Å². The first-order valence-electron chi connectivity index (χ1n) is 4.44. The monoisotopic (exact) mass is 190 g/mol. The Morgan fingerprint density at radius 1 is 1.38 bits per heavy atom. The SMILES string of the molecule is C1=NCNC2Sc3ccccc3C12. The van der Waals surface area contributed by atoms with Crippen LogP contribution in [0.2, 0.25) is 0 Å². The van der Waals surface area contributed by atoms with Crippen LogP contribution in [0, 0.1) is 0 Å². The number of thioether (sulfide) groups is 1. The van der Waals surface area contributed by atoms with E-state index in [0.717, 1.165) is 6.67 Å². The second kappa shape index (κ2) is 2.86. The molecule has 0 spiro atoms. The van der Waals surface area contributed by atoms with Crippen molar-refractivity contribution in [3.8, 4) is 0 Å². The lowest BCUT2D eigenvalue weighted by atomic mass is 10.00. The van der Waals surface area contributed by atoms with Gasteiger partial charge in [-0.15, -0.1) is 11.8 Å². The zero-order valence-corrected chi connectivity index (χ0v) is 7.92. The average molecular weight is 190 g/mol. The Labute approximate surface area is 81.4 Å². The van der Waals surface area contributed by atoms with Gasteiger partial charge < -0.3 is 0 Å². The predicted molar refractivity (Wildman–Crippen MR) is 55.3 cm³/mol. The predicted octanol–water partition coefficient (Wildman–Crippen LogP) is 1.83. The van der Waals surface area contributed by atoms with E-state index in [1.165, 1.54) is 10.5 Å². The molecule has 0 aliphatic carbocycles. The largest absolute Gasteiger partial charge is 0.285 e. The molecule has 0 amide bonds. The molecular weight excluding hydrogens is 180 g/mol. The van der Waals surface area contributed by atoms with Gasteiger partial charge in [-0.1, -0.05) is 18.2 Å². The molecule has 1 N–H and O–H groups in total. The summed E-state index contributed by atoms with van der Waals surface area (Å²) in [5.74, 6) is 0.481.